The molecule has 0 aliphatic carbocycles. The molecular formula is C17H20N6O3. The van der Waals surface area contributed by atoms with Crippen LogP contribution in [0, 0.1) is 0 Å². The minimum Gasteiger partial charge on any atom is -0.481 e. The van der Waals surface area contributed by atoms with Crippen LogP contribution in [-0.4, -0.2) is 74.9 Å². The van der Waals surface area contributed by atoms with Gasteiger partial charge in [0.05, 0.1) is 24.9 Å². The highest BCUT2D eigenvalue weighted by molar-refractivity contribution is 5.94. The lowest BCUT2D eigenvalue weighted by atomic mass is 10.1. The van der Waals surface area contributed by atoms with E-state index in [0.29, 0.717) is 30.2 Å². The van der Waals surface area contributed by atoms with Gasteiger partial charge in [-0.2, -0.15) is 0 Å². The first-order valence-corrected chi connectivity index (χ1v) is 8.66. The first-order chi connectivity index (χ1) is 12.7. The van der Waals surface area contributed by atoms with Crippen LogP contribution in [0.25, 0.3) is 0 Å². The van der Waals surface area contributed by atoms with Crippen LogP contribution in [0.5, 0.6) is 5.88 Å². The number of hydrogen-bond acceptors (Lipinski definition) is 6. The van der Waals surface area contributed by atoms with Crippen molar-refractivity contribution in [2.45, 2.75) is 18.9 Å². The van der Waals surface area contributed by atoms with Crippen molar-refractivity contribution in [2.24, 2.45) is 0 Å². The molecule has 0 unspecified atom stereocenters. The average Bonchev–Trinajstić information content (AvgIpc) is 3.32. The molecule has 0 aromatic carbocycles. The van der Waals surface area contributed by atoms with Gasteiger partial charge in [-0.15, -0.1) is 5.10 Å². The number of amides is 2. The minimum absolute atomic E-state index is 0.0396. The number of carbonyl (C=O) groups is 2. The molecule has 2 aromatic rings. The lowest BCUT2D eigenvalue weighted by molar-refractivity contribution is 0.0497. The van der Waals surface area contributed by atoms with Gasteiger partial charge in [0, 0.05) is 38.4 Å². The number of nitrogens with zero attached hydrogens (tertiary/aromatic N) is 6. The molecule has 2 fully saturated rings. The Morgan fingerprint density at radius 1 is 1.12 bits per heavy atom. The summed E-state index contributed by atoms with van der Waals surface area (Å²) < 4.78 is 6.68. The van der Waals surface area contributed by atoms with Crippen LogP contribution in [0.15, 0.2) is 24.5 Å². The van der Waals surface area contributed by atoms with Crippen LogP contribution in [0.4, 0.5) is 0 Å². The molecule has 2 saturated heterocycles. The van der Waals surface area contributed by atoms with Crippen molar-refractivity contribution >= 4 is 11.8 Å². The molecule has 9 nitrogen and oxygen atoms in total. The summed E-state index contributed by atoms with van der Waals surface area (Å²) in [6, 6.07) is 3.40. The summed E-state index contributed by atoms with van der Waals surface area (Å²) in [5.41, 5.74) is 0.892. The molecule has 4 rings (SSSR count). The van der Waals surface area contributed by atoms with Gasteiger partial charge in [-0.3, -0.25) is 9.59 Å². The summed E-state index contributed by atoms with van der Waals surface area (Å²) in [4.78, 5) is 32.3. The third-order valence-electron chi connectivity index (χ3n) is 4.84. The number of ether oxygens (including phenoxy) is 1. The zero-order chi connectivity index (χ0) is 18.1. The highest BCUT2D eigenvalue weighted by atomic mass is 16.5. The Kier molecular flexibility index (Phi) is 4.27. The summed E-state index contributed by atoms with van der Waals surface area (Å²) in [5, 5.41) is 8.08. The SMILES string of the molecule is COc1ccc(C(=O)N2CC(n3cc(C(=O)N4CCCC4)nn3)C2)cn1. The molecule has 2 aliphatic rings. The summed E-state index contributed by atoms with van der Waals surface area (Å²) >= 11 is 0. The van der Waals surface area contributed by atoms with Crippen LogP contribution in [-0.2, 0) is 0 Å². The second-order valence-electron chi connectivity index (χ2n) is 6.54. The molecule has 0 N–H and O–H groups in total. The van der Waals surface area contributed by atoms with Gasteiger partial charge >= 0.3 is 0 Å². The van der Waals surface area contributed by atoms with Crippen LogP contribution in [0.1, 0.15) is 39.7 Å². The predicted molar refractivity (Wildman–Crippen MR) is 90.9 cm³/mol. The van der Waals surface area contributed by atoms with Crippen LogP contribution >= 0.6 is 0 Å². The predicted octanol–water partition coefficient (Wildman–Crippen LogP) is 0.615. The first-order valence-electron chi connectivity index (χ1n) is 8.66. The third kappa shape index (κ3) is 3.00. The smallest absolute Gasteiger partial charge is 0.276 e. The maximum absolute atomic E-state index is 12.4. The van der Waals surface area contributed by atoms with E-state index >= 15 is 0 Å². The Bertz CT molecular complexity index is 806. The van der Waals surface area contributed by atoms with Crippen molar-refractivity contribution in [3.8, 4) is 5.88 Å². The standard InChI is InChI=1S/C17H20N6O3/c1-26-15-5-4-12(8-18-15)16(24)22-9-13(10-22)23-11-14(19-20-23)17(25)21-6-2-3-7-21/h4-5,8,11,13H,2-3,6-7,9-10H2,1H3. The van der Waals surface area contributed by atoms with E-state index in [1.807, 2.05) is 4.90 Å². The fourth-order valence-electron chi connectivity index (χ4n) is 3.23. The van der Waals surface area contributed by atoms with Gasteiger partial charge in [0.1, 0.15) is 0 Å². The Morgan fingerprint density at radius 2 is 1.88 bits per heavy atom. The molecule has 0 bridgehead atoms. The van der Waals surface area contributed by atoms with E-state index in [0.717, 1.165) is 25.9 Å². The van der Waals surface area contributed by atoms with Crippen molar-refractivity contribution in [2.75, 3.05) is 33.3 Å². The molecule has 136 valence electrons. The minimum atomic E-state index is -0.0788. The quantitative estimate of drug-likeness (QED) is 0.797. The van der Waals surface area contributed by atoms with Crippen molar-refractivity contribution in [3.05, 3.63) is 35.8 Å². The zero-order valence-corrected chi connectivity index (χ0v) is 14.5. The van der Waals surface area contributed by atoms with Crippen LogP contribution < -0.4 is 4.74 Å². The summed E-state index contributed by atoms with van der Waals surface area (Å²) in [7, 11) is 1.53. The Morgan fingerprint density at radius 3 is 2.54 bits per heavy atom. The maximum atomic E-state index is 12.4. The molecule has 2 aliphatic heterocycles. The highest BCUT2D eigenvalue weighted by Crippen LogP contribution is 2.23. The van der Waals surface area contributed by atoms with Gasteiger partial charge in [-0.1, -0.05) is 5.21 Å². The van der Waals surface area contributed by atoms with Gasteiger partial charge in [0.25, 0.3) is 11.8 Å². The monoisotopic (exact) mass is 356 g/mol. The fraction of sp³-hybridized carbons (Fsp3) is 0.471. The van der Waals surface area contributed by atoms with Crippen LogP contribution in [0.2, 0.25) is 0 Å². The van der Waals surface area contributed by atoms with E-state index in [2.05, 4.69) is 15.3 Å². The Labute approximate surface area is 150 Å². The van der Waals surface area contributed by atoms with E-state index in [4.69, 9.17) is 4.74 Å². The van der Waals surface area contributed by atoms with E-state index in [-0.39, 0.29) is 17.9 Å². The molecule has 2 aromatic heterocycles. The molecule has 9 heteroatoms. The van der Waals surface area contributed by atoms with Gasteiger partial charge in [0.15, 0.2) is 5.69 Å². The van der Waals surface area contributed by atoms with E-state index in [9.17, 15) is 9.59 Å². The van der Waals surface area contributed by atoms with Crippen LogP contribution in [0.3, 0.4) is 0 Å². The number of pyridine rings is 1. The lowest BCUT2D eigenvalue weighted by Crippen LogP contribution is -2.50. The maximum Gasteiger partial charge on any atom is 0.276 e. The van der Waals surface area contributed by atoms with Gasteiger partial charge in [-0.25, -0.2) is 9.67 Å². The summed E-state index contributed by atoms with van der Waals surface area (Å²) in [5.74, 6) is 0.330. The largest absolute Gasteiger partial charge is 0.481 e. The van der Waals surface area contributed by atoms with Crippen molar-refractivity contribution in [1.82, 2.24) is 29.8 Å². The fourth-order valence-corrected chi connectivity index (χ4v) is 3.23. The Hall–Kier alpha value is -2.97. The molecule has 0 atom stereocenters. The van der Waals surface area contributed by atoms with Crippen molar-refractivity contribution in [3.63, 3.8) is 0 Å². The topological polar surface area (TPSA) is 93.5 Å². The second kappa shape index (κ2) is 6.74. The lowest BCUT2D eigenvalue weighted by Gasteiger charge is -2.38. The van der Waals surface area contributed by atoms with Gasteiger partial charge in [0.2, 0.25) is 5.88 Å². The van der Waals surface area contributed by atoms with Crippen molar-refractivity contribution in [1.29, 1.82) is 0 Å². The highest BCUT2D eigenvalue weighted by Gasteiger charge is 2.34. The molecule has 26 heavy (non-hydrogen) atoms. The molecule has 0 radical (unpaired) electrons. The second-order valence-corrected chi connectivity index (χ2v) is 6.54. The average molecular weight is 356 g/mol. The third-order valence-corrected chi connectivity index (χ3v) is 4.84. The molecule has 0 spiro atoms. The molecule has 0 saturated carbocycles. The van der Waals surface area contributed by atoms with Gasteiger partial charge in [-0.05, 0) is 18.9 Å². The van der Waals surface area contributed by atoms with E-state index < -0.39 is 0 Å². The van der Waals surface area contributed by atoms with Gasteiger partial charge < -0.3 is 14.5 Å². The normalized spacial score (nSPS) is 17.3. The molecule has 4 heterocycles. The van der Waals surface area contributed by atoms with E-state index in [1.165, 1.54) is 13.3 Å². The zero-order valence-electron chi connectivity index (χ0n) is 14.5. The molecular weight excluding hydrogens is 336 g/mol. The number of rotatable bonds is 4. The first kappa shape index (κ1) is 16.5. The summed E-state index contributed by atoms with van der Waals surface area (Å²) in [6.07, 6.45) is 5.28. The van der Waals surface area contributed by atoms with Crippen molar-refractivity contribution < 1.29 is 14.3 Å². The number of aromatic nitrogens is 4. The number of carbonyl (C=O) groups excluding carboxylic acids is 2. The Balaban J connectivity index is 1.35. The summed E-state index contributed by atoms with van der Waals surface area (Å²) in [6.45, 7) is 2.64. The van der Waals surface area contributed by atoms with E-state index in [1.54, 1.807) is 27.9 Å². The molecule has 2 amide bonds. The number of methoxy groups -OCH3 is 1. The number of hydrogen-bond donors (Lipinski definition) is 0. The number of likely N-dealkylation sites (tertiary alicyclic amines) is 2.